The van der Waals surface area contributed by atoms with Gasteiger partial charge in [0.1, 0.15) is 11.6 Å². The third kappa shape index (κ3) is 2.88. The average molecular weight is 281 g/mol. The van der Waals surface area contributed by atoms with E-state index < -0.39 is 15.8 Å². The summed E-state index contributed by atoms with van der Waals surface area (Å²) in [5.41, 5.74) is 5.34. The smallest absolute Gasteiger partial charge is 0.263 e. The van der Waals surface area contributed by atoms with Crippen LogP contribution in [0.2, 0.25) is 0 Å². The first kappa shape index (κ1) is 13.4. The Morgan fingerprint density at radius 1 is 1.21 bits per heavy atom. The minimum atomic E-state index is -3.91. The van der Waals surface area contributed by atoms with Crippen LogP contribution in [0.4, 0.5) is 10.2 Å². The molecule has 0 aliphatic heterocycles. The number of nitrogens with zero attached hydrogens (tertiary/aromatic N) is 1. The van der Waals surface area contributed by atoms with E-state index in [9.17, 15) is 12.8 Å². The zero-order chi connectivity index (χ0) is 13.9. The second-order valence-corrected chi connectivity index (χ2v) is 5.39. The Labute approximate surface area is 110 Å². The van der Waals surface area contributed by atoms with Gasteiger partial charge in [-0.2, -0.15) is 0 Å². The van der Waals surface area contributed by atoms with Crippen molar-refractivity contribution in [2.24, 2.45) is 5.73 Å². The molecule has 0 atom stereocenters. The molecule has 1 aromatic carbocycles. The number of aromatic nitrogens is 1. The zero-order valence-corrected chi connectivity index (χ0v) is 10.7. The lowest BCUT2D eigenvalue weighted by Crippen LogP contribution is -2.17. The summed E-state index contributed by atoms with van der Waals surface area (Å²) in [5.74, 6) is -0.485. The SMILES string of the molecule is NCc1c(F)cccc1S(=O)(=O)Nc1ccccn1. The molecule has 0 spiro atoms. The van der Waals surface area contributed by atoms with Crippen LogP contribution in [0, 0.1) is 5.82 Å². The van der Waals surface area contributed by atoms with Gasteiger partial charge in [0.25, 0.3) is 10.0 Å². The van der Waals surface area contributed by atoms with E-state index in [4.69, 9.17) is 5.73 Å². The maximum Gasteiger partial charge on any atom is 0.263 e. The van der Waals surface area contributed by atoms with Crippen molar-refractivity contribution in [1.82, 2.24) is 4.98 Å². The van der Waals surface area contributed by atoms with Crippen LogP contribution >= 0.6 is 0 Å². The van der Waals surface area contributed by atoms with Crippen molar-refractivity contribution in [3.63, 3.8) is 0 Å². The molecule has 0 radical (unpaired) electrons. The fourth-order valence-electron chi connectivity index (χ4n) is 1.60. The van der Waals surface area contributed by atoms with Crippen molar-refractivity contribution < 1.29 is 12.8 Å². The van der Waals surface area contributed by atoms with Crippen LogP contribution < -0.4 is 10.5 Å². The molecule has 0 saturated carbocycles. The number of nitrogens with two attached hydrogens (primary N) is 1. The molecule has 0 bridgehead atoms. The molecule has 1 heterocycles. The third-order valence-corrected chi connectivity index (χ3v) is 3.91. The fraction of sp³-hybridized carbons (Fsp3) is 0.0833. The highest BCUT2D eigenvalue weighted by Crippen LogP contribution is 2.20. The van der Waals surface area contributed by atoms with E-state index in [-0.39, 0.29) is 22.8 Å². The Balaban J connectivity index is 2.43. The predicted octanol–water partition coefficient (Wildman–Crippen LogP) is 1.48. The first-order valence-corrected chi connectivity index (χ1v) is 6.94. The molecular formula is C12H12FN3O2S. The number of hydrogen-bond donors (Lipinski definition) is 2. The summed E-state index contributed by atoms with van der Waals surface area (Å²) in [6, 6.07) is 8.59. The highest BCUT2D eigenvalue weighted by molar-refractivity contribution is 7.92. The number of sulfonamides is 1. The summed E-state index contributed by atoms with van der Waals surface area (Å²) in [7, 11) is -3.91. The van der Waals surface area contributed by atoms with Gasteiger partial charge >= 0.3 is 0 Å². The van der Waals surface area contributed by atoms with E-state index >= 15 is 0 Å². The standard InChI is InChI=1S/C12H12FN3O2S/c13-10-4-3-5-11(9(10)8-14)19(17,18)16-12-6-1-2-7-15-12/h1-7H,8,14H2,(H,15,16). The maximum absolute atomic E-state index is 13.5. The second kappa shape index (κ2) is 5.33. The van der Waals surface area contributed by atoms with Gasteiger partial charge in [-0.3, -0.25) is 4.72 Å². The molecule has 2 aromatic rings. The van der Waals surface area contributed by atoms with Crippen LogP contribution in [0.3, 0.4) is 0 Å². The summed E-state index contributed by atoms with van der Waals surface area (Å²) in [4.78, 5) is 3.67. The Morgan fingerprint density at radius 2 is 2.00 bits per heavy atom. The molecule has 0 amide bonds. The summed E-state index contributed by atoms with van der Waals surface area (Å²) >= 11 is 0. The third-order valence-electron chi connectivity index (χ3n) is 2.47. The Morgan fingerprint density at radius 3 is 2.63 bits per heavy atom. The summed E-state index contributed by atoms with van der Waals surface area (Å²) in [6.45, 7) is -0.203. The number of hydrogen-bond acceptors (Lipinski definition) is 4. The van der Waals surface area contributed by atoms with E-state index in [1.165, 1.54) is 30.5 Å². The van der Waals surface area contributed by atoms with Crippen molar-refractivity contribution in [2.45, 2.75) is 11.4 Å². The van der Waals surface area contributed by atoms with Gasteiger partial charge in [0.2, 0.25) is 0 Å². The lowest BCUT2D eigenvalue weighted by Gasteiger charge is -2.11. The highest BCUT2D eigenvalue weighted by atomic mass is 32.2. The number of pyridine rings is 1. The maximum atomic E-state index is 13.5. The first-order valence-electron chi connectivity index (χ1n) is 5.46. The Hall–Kier alpha value is -1.99. The van der Waals surface area contributed by atoms with Crippen molar-refractivity contribution in [2.75, 3.05) is 4.72 Å². The quantitative estimate of drug-likeness (QED) is 0.889. The topological polar surface area (TPSA) is 85.1 Å². The first-order chi connectivity index (χ1) is 9.04. The van der Waals surface area contributed by atoms with Gasteiger partial charge in [-0.05, 0) is 24.3 Å². The molecule has 19 heavy (non-hydrogen) atoms. The van der Waals surface area contributed by atoms with E-state index in [0.29, 0.717) is 0 Å². The van der Waals surface area contributed by atoms with Gasteiger partial charge in [-0.1, -0.05) is 12.1 Å². The summed E-state index contributed by atoms with van der Waals surface area (Å²) in [5, 5.41) is 0. The second-order valence-electron chi connectivity index (χ2n) is 3.74. The van der Waals surface area contributed by atoms with Gasteiger partial charge in [0.15, 0.2) is 0 Å². The van der Waals surface area contributed by atoms with E-state index in [1.807, 2.05) is 0 Å². The number of anilines is 1. The number of nitrogens with one attached hydrogen (secondary N) is 1. The normalized spacial score (nSPS) is 11.3. The number of rotatable bonds is 4. The molecule has 0 unspecified atom stereocenters. The largest absolute Gasteiger partial charge is 0.326 e. The lowest BCUT2D eigenvalue weighted by molar-refractivity contribution is 0.585. The van der Waals surface area contributed by atoms with E-state index in [2.05, 4.69) is 9.71 Å². The summed E-state index contributed by atoms with van der Waals surface area (Å²) < 4.78 is 40.1. The van der Waals surface area contributed by atoms with Crippen molar-refractivity contribution in [1.29, 1.82) is 0 Å². The molecule has 3 N–H and O–H groups in total. The predicted molar refractivity (Wildman–Crippen MR) is 69.3 cm³/mol. The molecular weight excluding hydrogens is 269 g/mol. The molecule has 5 nitrogen and oxygen atoms in total. The molecule has 100 valence electrons. The monoisotopic (exact) mass is 281 g/mol. The van der Waals surface area contributed by atoms with Crippen LogP contribution in [-0.4, -0.2) is 13.4 Å². The Kier molecular flexibility index (Phi) is 3.77. The van der Waals surface area contributed by atoms with Gasteiger partial charge in [-0.15, -0.1) is 0 Å². The summed E-state index contributed by atoms with van der Waals surface area (Å²) in [6.07, 6.45) is 1.45. The van der Waals surface area contributed by atoms with Crippen LogP contribution in [0.25, 0.3) is 0 Å². The number of benzene rings is 1. The van der Waals surface area contributed by atoms with E-state index in [0.717, 1.165) is 0 Å². The molecule has 7 heteroatoms. The van der Waals surface area contributed by atoms with Crippen LogP contribution in [-0.2, 0) is 16.6 Å². The zero-order valence-electron chi connectivity index (χ0n) is 9.88. The minimum Gasteiger partial charge on any atom is -0.326 e. The molecule has 0 fully saturated rings. The van der Waals surface area contributed by atoms with Gasteiger partial charge in [0.05, 0.1) is 4.90 Å². The van der Waals surface area contributed by atoms with Gasteiger partial charge < -0.3 is 5.73 Å². The van der Waals surface area contributed by atoms with Crippen LogP contribution in [0.15, 0.2) is 47.5 Å². The van der Waals surface area contributed by atoms with Crippen molar-refractivity contribution in [3.05, 3.63) is 54.0 Å². The highest BCUT2D eigenvalue weighted by Gasteiger charge is 2.20. The van der Waals surface area contributed by atoms with Crippen LogP contribution in [0.5, 0.6) is 0 Å². The molecule has 1 aromatic heterocycles. The van der Waals surface area contributed by atoms with Crippen molar-refractivity contribution in [3.8, 4) is 0 Å². The van der Waals surface area contributed by atoms with E-state index in [1.54, 1.807) is 12.1 Å². The lowest BCUT2D eigenvalue weighted by atomic mass is 10.2. The Bertz CT molecular complexity index is 675. The number of halogens is 1. The average Bonchev–Trinajstić information content (AvgIpc) is 2.39. The van der Waals surface area contributed by atoms with Crippen LogP contribution in [0.1, 0.15) is 5.56 Å². The molecule has 0 aliphatic rings. The molecule has 0 aliphatic carbocycles. The molecule has 0 saturated heterocycles. The fourth-order valence-corrected chi connectivity index (χ4v) is 2.87. The minimum absolute atomic E-state index is 0.0501. The van der Waals surface area contributed by atoms with Gasteiger partial charge in [0, 0.05) is 18.3 Å². The van der Waals surface area contributed by atoms with Crippen molar-refractivity contribution >= 4 is 15.8 Å². The molecule has 2 rings (SSSR count). The van der Waals surface area contributed by atoms with Gasteiger partial charge in [-0.25, -0.2) is 17.8 Å².